The first-order valence-corrected chi connectivity index (χ1v) is 8.27. The van der Waals surface area contributed by atoms with Crippen molar-refractivity contribution < 1.29 is 9.47 Å². The second-order valence-electron chi connectivity index (χ2n) is 5.42. The lowest BCUT2D eigenvalue weighted by Crippen LogP contribution is -1.96. The zero-order valence-electron chi connectivity index (χ0n) is 13.9. The normalized spacial score (nSPS) is 10.8. The third-order valence-electron chi connectivity index (χ3n) is 3.63. The van der Waals surface area contributed by atoms with Crippen LogP contribution in [-0.2, 0) is 6.61 Å². The number of ether oxygens (including phenoxy) is 2. The predicted octanol–water partition coefficient (Wildman–Crippen LogP) is 5.68. The largest absolute Gasteiger partial charge is 0.497 e. The van der Waals surface area contributed by atoms with Gasteiger partial charge in [-0.25, -0.2) is 0 Å². The average Bonchev–Trinajstić information content (AvgIpc) is 2.67. The summed E-state index contributed by atoms with van der Waals surface area (Å²) in [4.78, 5) is 4.44. The van der Waals surface area contributed by atoms with Crippen LogP contribution in [-0.4, -0.2) is 13.3 Å². The van der Waals surface area contributed by atoms with Crippen LogP contribution in [0.1, 0.15) is 11.1 Å². The van der Waals surface area contributed by atoms with Crippen LogP contribution in [0.5, 0.6) is 11.5 Å². The van der Waals surface area contributed by atoms with Crippen molar-refractivity contribution in [2.24, 2.45) is 4.99 Å². The number of methoxy groups -OCH3 is 1. The fourth-order valence-corrected chi connectivity index (χ4v) is 2.51. The summed E-state index contributed by atoms with van der Waals surface area (Å²) in [7, 11) is 1.64. The molecule has 25 heavy (non-hydrogen) atoms. The molecule has 0 aliphatic rings. The lowest BCUT2D eigenvalue weighted by Gasteiger charge is -2.08. The third kappa shape index (κ3) is 4.85. The van der Waals surface area contributed by atoms with E-state index in [1.165, 1.54) is 0 Å². The molecule has 0 aromatic heterocycles. The maximum absolute atomic E-state index is 6.31. The second kappa shape index (κ2) is 8.36. The van der Waals surface area contributed by atoms with Gasteiger partial charge in [0.15, 0.2) is 0 Å². The van der Waals surface area contributed by atoms with E-state index in [1.54, 1.807) is 13.3 Å². The van der Waals surface area contributed by atoms with Gasteiger partial charge in [0.2, 0.25) is 0 Å². The Kier molecular flexibility index (Phi) is 5.70. The maximum atomic E-state index is 6.31. The smallest absolute Gasteiger partial charge is 0.138 e. The van der Waals surface area contributed by atoms with Crippen LogP contribution in [0.15, 0.2) is 77.8 Å². The first kappa shape index (κ1) is 17.1. The molecule has 0 amide bonds. The molecule has 0 fully saturated rings. The Morgan fingerprint density at radius 3 is 2.40 bits per heavy atom. The van der Waals surface area contributed by atoms with E-state index in [-0.39, 0.29) is 0 Å². The van der Waals surface area contributed by atoms with Gasteiger partial charge in [0.25, 0.3) is 0 Å². The van der Waals surface area contributed by atoms with Gasteiger partial charge >= 0.3 is 0 Å². The SMILES string of the molecule is COc1ccc(N=Cc2ccc(OCc3ccccc3)c(Cl)c2)cc1. The zero-order chi connectivity index (χ0) is 17.5. The quantitative estimate of drug-likeness (QED) is 0.535. The van der Waals surface area contributed by atoms with Crippen molar-refractivity contribution in [2.75, 3.05) is 7.11 Å². The minimum atomic E-state index is 0.486. The molecule has 3 rings (SSSR count). The molecule has 0 unspecified atom stereocenters. The molecule has 0 atom stereocenters. The van der Waals surface area contributed by atoms with E-state index in [0.29, 0.717) is 17.4 Å². The van der Waals surface area contributed by atoms with Crippen LogP contribution in [0.25, 0.3) is 0 Å². The standard InChI is InChI=1S/C21H18ClNO2/c1-24-19-10-8-18(9-11-19)23-14-17-7-12-21(20(22)13-17)25-15-16-5-3-2-4-6-16/h2-14H,15H2,1H3. The van der Waals surface area contributed by atoms with Crippen molar-refractivity contribution in [1.29, 1.82) is 0 Å². The van der Waals surface area contributed by atoms with E-state index < -0.39 is 0 Å². The van der Waals surface area contributed by atoms with Gasteiger partial charge in [0, 0.05) is 6.21 Å². The van der Waals surface area contributed by atoms with Crippen molar-refractivity contribution in [3.63, 3.8) is 0 Å². The Balaban J connectivity index is 1.65. The summed E-state index contributed by atoms with van der Waals surface area (Å²) in [5.74, 6) is 1.47. The van der Waals surface area contributed by atoms with Crippen LogP contribution >= 0.6 is 11.6 Å². The number of nitrogens with zero attached hydrogens (tertiary/aromatic N) is 1. The topological polar surface area (TPSA) is 30.8 Å². The van der Waals surface area contributed by atoms with Crippen molar-refractivity contribution in [2.45, 2.75) is 6.61 Å². The summed E-state index contributed by atoms with van der Waals surface area (Å²) in [5, 5.41) is 0.564. The third-order valence-corrected chi connectivity index (χ3v) is 3.92. The highest BCUT2D eigenvalue weighted by Crippen LogP contribution is 2.26. The van der Waals surface area contributed by atoms with Gasteiger partial charge in [-0.1, -0.05) is 41.9 Å². The predicted molar refractivity (Wildman–Crippen MR) is 102 cm³/mol. The molecule has 0 heterocycles. The molecule has 3 nitrogen and oxygen atoms in total. The van der Waals surface area contributed by atoms with E-state index in [0.717, 1.165) is 22.6 Å². The minimum absolute atomic E-state index is 0.486. The van der Waals surface area contributed by atoms with Crippen molar-refractivity contribution >= 4 is 23.5 Å². The number of hydrogen-bond donors (Lipinski definition) is 0. The van der Waals surface area contributed by atoms with Crippen LogP contribution in [0.3, 0.4) is 0 Å². The summed E-state index contributed by atoms with van der Waals surface area (Å²) in [5.41, 5.74) is 2.86. The number of aliphatic imine (C=N–C) groups is 1. The molecule has 0 saturated carbocycles. The first-order chi connectivity index (χ1) is 12.2. The fraction of sp³-hybridized carbons (Fsp3) is 0.0952. The Labute approximate surface area is 152 Å². The second-order valence-corrected chi connectivity index (χ2v) is 5.83. The Bertz CT molecular complexity index is 846. The molecule has 0 aliphatic carbocycles. The molecule has 3 aromatic rings. The van der Waals surface area contributed by atoms with Gasteiger partial charge in [-0.2, -0.15) is 0 Å². The van der Waals surface area contributed by atoms with E-state index >= 15 is 0 Å². The molecule has 0 spiro atoms. The Morgan fingerprint density at radius 1 is 0.960 bits per heavy atom. The number of hydrogen-bond acceptors (Lipinski definition) is 3. The molecule has 126 valence electrons. The lowest BCUT2D eigenvalue weighted by atomic mass is 10.2. The van der Waals surface area contributed by atoms with E-state index in [9.17, 15) is 0 Å². The molecule has 4 heteroatoms. The van der Waals surface area contributed by atoms with Gasteiger partial charge in [0.1, 0.15) is 18.1 Å². The highest BCUT2D eigenvalue weighted by molar-refractivity contribution is 6.32. The van der Waals surface area contributed by atoms with Gasteiger partial charge in [0.05, 0.1) is 17.8 Å². The van der Waals surface area contributed by atoms with Crippen molar-refractivity contribution in [3.8, 4) is 11.5 Å². The van der Waals surface area contributed by atoms with Crippen LogP contribution in [0.2, 0.25) is 5.02 Å². The summed E-state index contributed by atoms with van der Waals surface area (Å²) in [6.07, 6.45) is 1.77. The summed E-state index contributed by atoms with van der Waals surface area (Å²) >= 11 is 6.31. The van der Waals surface area contributed by atoms with E-state index in [1.807, 2.05) is 72.8 Å². The van der Waals surface area contributed by atoms with Gasteiger partial charge in [-0.15, -0.1) is 0 Å². The highest BCUT2D eigenvalue weighted by atomic mass is 35.5. The minimum Gasteiger partial charge on any atom is -0.497 e. The van der Waals surface area contributed by atoms with Crippen LogP contribution in [0.4, 0.5) is 5.69 Å². The molecule has 0 radical (unpaired) electrons. The summed E-state index contributed by atoms with van der Waals surface area (Å²) in [6.45, 7) is 0.486. The summed E-state index contributed by atoms with van der Waals surface area (Å²) < 4.78 is 10.9. The molecule has 0 saturated heterocycles. The first-order valence-electron chi connectivity index (χ1n) is 7.89. The summed E-state index contributed by atoms with van der Waals surface area (Å²) in [6, 6.07) is 23.2. The van der Waals surface area contributed by atoms with E-state index in [2.05, 4.69) is 4.99 Å². The van der Waals surface area contributed by atoms with Gasteiger partial charge < -0.3 is 9.47 Å². The lowest BCUT2D eigenvalue weighted by molar-refractivity contribution is 0.306. The monoisotopic (exact) mass is 351 g/mol. The number of rotatable bonds is 6. The number of benzene rings is 3. The van der Waals surface area contributed by atoms with Crippen LogP contribution < -0.4 is 9.47 Å². The molecular formula is C21H18ClNO2. The molecule has 0 bridgehead atoms. The van der Waals surface area contributed by atoms with E-state index in [4.69, 9.17) is 21.1 Å². The average molecular weight is 352 g/mol. The number of halogens is 1. The molecule has 3 aromatic carbocycles. The van der Waals surface area contributed by atoms with Crippen molar-refractivity contribution in [1.82, 2.24) is 0 Å². The fourth-order valence-electron chi connectivity index (χ4n) is 2.27. The highest BCUT2D eigenvalue weighted by Gasteiger charge is 2.03. The van der Waals surface area contributed by atoms with Gasteiger partial charge in [-0.05, 0) is 53.6 Å². The maximum Gasteiger partial charge on any atom is 0.138 e. The molecule has 0 N–H and O–H groups in total. The zero-order valence-corrected chi connectivity index (χ0v) is 14.6. The van der Waals surface area contributed by atoms with Crippen LogP contribution in [0, 0.1) is 0 Å². The van der Waals surface area contributed by atoms with Gasteiger partial charge in [-0.3, -0.25) is 4.99 Å². The Hall–Kier alpha value is -2.78. The van der Waals surface area contributed by atoms with Crippen molar-refractivity contribution in [3.05, 3.63) is 88.9 Å². The Morgan fingerprint density at radius 2 is 1.72 bits per heavy atom. The molecule has 0 aliphatic heterocycles. The molecular weight excluding hydrogens is 334 g/mol.